The molecule has 1 aromatic carbocycles. The van der Waals surface area contributed by atoms with Crippen LogP contribution in [-0.2, 0) is 14.6 Å². The average molecular weight is 523 g/mol. The zero-order chi connectivity index (χ0) is 24.6. The van der Waals surface area contributed by atoms with Crippen LogP contribution in [0, 0.1) is 5.41 Å². The molecule has 1 amide bonds. The van der Waals surface area contributed by atoms with Crippen LogP contribution in [0.5, 0.6) is 11.5 Å². The van der Waals surface area contributed by atoms with Gasteiger partial charge in [0.2, 0.25) is 25.1 Å². The summed E-state index contributed by atoms with van der Waals surface area (Å²) in [5.41, 5.74) is 0.185. The summed E-state index contributed by atoms with van der Waals surface area (Å²) in [4.78, 5) is 28.7. The molecule has 1 aromatic heterocycles. The monoisotopic (exact) mass is 522 g/mol. The lowest BCUT2D eigenvalue weighted by molar-refractivity contribution is -0.114. The van der Waals surface area contributed by atoms with Gasteiger partial charge in [-0.1, -0.05) is 18.5 Å². The minimum Gasteiger partial charge on any atom is -0.493 e. The topological polar surface area (TPSA) is 152 Å². The number of carbonyl (C=O) groups is 2. The third kappa shape index (κ3) is 4.36. The molecule has 0 radical (unpaired) electrons. The number of benzene rings is 1. The zero-order valence-corrected chi connectivity index (χ0v) is 20.0. The van der Waals surface area contributed by atoms with Crippen molar-refractivity contribution < 1.29 is 31.9 Å². The number of hydrogen-bond acceptors (Lipinski definition) is 10. The van der Waals surface area contributed by atoms with E-state index in [2.05, 4.69) is 10.1 Å². The Kier molecular flexibility index (Phi) is 6.34. The van der Waals surface area contributed by atoms with Gasteiger partial charge in [-0.2, -0.15) is 10.0 Å². The van der Waals surface area contributed by atoms with Gasteiger partial charge in [0.05, 0.1) is 29.7 Å². The number of sulfone groups is 1. The Bertz CT molecular complexity index is 1410. The number of nitrogens with zero attached hydrogens (tertiary/aromatic N) is 3. The molecule has 11 nitrogen and oxygen atoms in total. The highest BCUT2D eigenvalue weighted by Gasteiger charge is 2.39. The molecule has 3 heterocycles. The number of furan rings is 1. The van der Waals surface area contributed by atoms with Crippen LogP contribution in [-0.4, -0.2) is 53.5 Å². The summed E-state index contributed by atoms with van der Waals surface area (Å²) in [5.74, 6) is -2.08. The molecule has 0 fully saturated rings. The van der Waals surface area contributed by atoms with Crippen LogP contribution in [0.25, 0.3) is 6.08 Å². The summed E-state index contributed by atoms with van der Waals surface area (Å²) in [7, 11) is -2.30. The Hall–Kier alpha value is -3.42. The Balaban J connectivity index is 1.67. The van der Waals surface area contributed by atoms with E-state index < -0.39 is 21.7 Å². The largest absolute Gasteiger partial charge is 0.493 e. The second-order valence-electron chi connectivity index (χ2n) is 6.69. The van der Waals surface area contributed by atoms with Gasteiger partial charge in [-0.25, -0.2) is 13.2 Å². The van der Waals surface area contributed by atoms with Gasteiger partial charge in [0.15, 0.2) is 17.3 Å². The Morgan fingerprint density at radius 3 is 2.79 bits per heavy atom. The van der Waals surface area contributed by atoms with Gasteiger partial charge >= 0.3 is 5.97 Å². The first-order chi connectivity index (χ1) is 16.1. The first-order valence-electron chi connectivity index (χ1n) is 9.50. The van der Waals surface area contributed by atoms with Crippen molar-refractivity contribution in [2.45, 2.75) is 6.92 Å². The molecular formula is C20H15ClN4O7S2. The molecule has 0 saturated heterocycles. The summed E-state index contributed by atoms with van der Waals surface area (Å²) in [6.07, 6.45) is 2.64. The van der Waals surface area contributed by atoms with Gasteiger partial charge in [-0.05, 0) is 47.7 Å². The van der Waals surface area contributed by atoms with Crippen LogP contribution in [0.3, 0.4) is 0 Å². The molecular weight excluding hydrogens is 508 g/mol. The fourth-order valence-electron chi connectivity index (χ4n) is 2.85. The molecule has 4 rings (SSSR count). The zero-order valence-electron chi connectivity index (χ0n) is 17.6. The van der Waals surface area contributed by atoms with Crippen molar-refractivity contribution in [1.82, 2.24) is 5.01 Å². The Morgan fingerprint density at radius 2 is 2.15 bits per heavy atom. The first kappa shape index (κ1) is 23.7. The Labute approximate surface area is 202 Å². The molecule has 2 aliphatic heterocycles. The van der Waals surface area contributed by atoms with Crippen LogP contribution in [0.2, 0.25) is 5.02 Å². The van der Waals surface area contributed by atoms with Crippen LogP contribution in [0.15, 0.2) is 50.6 Å². The van der Waals surface area contributed by atoms with E-state index >= 15 is 0 Å². The molecule has 0 atom stereocenters. The summed E-state index contributed by atoms with van der Waals surface area (Å²) in [6, 6.07) is 5.79. The maximum atomic E-state index is 12.6. The quantitative estimate of drug-likeness (QED) is 0.354. The third-order valence-corrected chi connectivity index (χ3v) is 7.93. The number of amides is 1. The van der Waals surface area contributed by atoms with E-state index in [4.69, 9.17) is 30.9 Å². The van der Waals surface area contributed by atoms with Crippen molar-refractivity contribution in [3.8, 4) is 11.5 Å². The van der Waals surface area contributed by atoms with E-state index in [-0.39, 0.29) is 49.0 Å². The molecule has 0 spiro atoms. The second-order valence-corrected chi connectivity index (χ2v) is 10.5. The number of fused-ring (bicyclic) bond motifs is 1. The third-order valence-electron chi connectivity index (χ3n) is 4.56. The predicted molar refractivity (Wildman–Crippen MR) is 126 cm³/mol. The number of hydrazone groups is 1. The van der Waals surface area contributed by atoms with Crippen molar-refractivity contribution in [3.05, 3.63) is 52.4 Å². The summed E-state index contributed by atoms with van der Waals surface area (Å²) in [5, 5.41) is 13.3. The van der Waals surface area contributed by atoms with Crippen molar-refractivity contribution in [2.24, 2.45) is 10.1 Å². The first-order valence-corrected chi connectivity index (χ1v) is 12.4. The number of esters is 1. The lowest BCUT2D eigenvalue weighted by Gasteiger charge is -2.20. The fraction of sp³-hybridized carbons (Fsp3) is 0.150. The van der Waals surface area contributed by atoms with Gasteiger partial charge in [0.25, 0.3) is 5.91 Å². The van der Waals surface area contributed by atoms with Gasteiger partial charge in [-0.15, -0.1) is 5.10 Å². The molecule has 0 bridgehead atoms. The number of ether oxygens (including phenoxy) is 2. The molecule has 0 aliphatic carbocycles. The maximum Gasteiger partial charge on any atom is 0.379 e. The minimum absolute atomic E-state index is 0.00356. The lowest BCUT2D eigenvalue weighted by atomic mass is 10.1. The van der Waals surface area contributed by atoms with Crippen LogP contribution in [0.1, 0.15) is 23.0 Å². The molecule has 0 unspecified atom stereocenters. The number of nitrogens with one attached hydrogen (secondary N) is 1. The van der Waals surface area contributed by atoms with Crippen molar-refractivity contribution in [3.63, 3.8) is 0 Å². The molecule has 0 saturated carbocycles. The number of carbonyl (C=O) groups excluding carboxylic acids is 2. The highest BCUT2D eigenvalue weighted by molar-refractivity contribution is 8.42. The lowest BCUT2D eigenvalue weighted by Crippen LogP contribution is -2.35. The molecule has 34 heavy (non-hydrogen) atoms. The average Bonchev–Trinajstić information content (AvgIpc) is 3.49. The van der Waals surface area contributed by atoms with E-state index in [9.17, 15) is 18.0 Å². The molecule has 1 N–H and O–H groups in total. The smallest absolute Gasteiger partial charge is 0.379 e. The number of aliphatic imine (C=N–C) groups is 1. The number of methoxy groups -OCH3 is 1. The fourth-order valence-corrected chi connectivity index (χ4v) is 5.27. The maximum absolute atomic E-state index is 12.6. The summed E-state index contributed by atoms with van der Waals surface area (Å²) < 4.78 is 39.6. The van der Waals surface area contributed by atoms with Crippen LogP contribution in [0.4, 0.5) is 0 Å². The normalized spacial score (nSPS) is 16.9. The van der Waals surface area contributed by atoms with E-state index in [0.29, 0.717) is 17.3 Å². The SMILES string of the molecule is CCS(=O)(=O)C1=NN2C(=N)/C(=C\c3cc(Cl)c(OC(=O)c4ccco4)c(OC)c3)C(=O)N=C2S1. The highest BCUT2D eigenvalue weighted by Crippen LogP contribution is 2.38. The number of amidine groups is 2. The van der Waals surface area contributed by atoms with Crippen LogP contribution < -0.4 is 9.47 Å². The van der Waals surface area contributed by atoms with Crippen LogP contribution >= 0.6 is 23.4 Å². The molecule has 2 aliphatic rings. The number of thioether (sulfide) groups is 1. The summed E-state index contributed by atoms with van der Waals surface area (Å²) >= 11 is 7.01. The van der Waals surface area contributed by atoms with E-state index in [1.54, 1.807) is 0 Å². The van der Waals surface area contributed by atoms with E-state index in [1.165, 1.54) is 50.6 Å². The molecule has 14 heteroatoms. The van der Waals surface area contributed by atoms with E-state index in [0.717, 1.165) is 5.01 Å². The summed E-state index contributed by atoms with van der Waals surface area (Å²) in [6.45, 7) is 1.46. The van der Waals surface area contributed by atoms with Crippen molar-refractivity contribution in [1.29, 1.82) is 5.41 Å². The number of hydrogen-bond donors (Lipinski definition) is 1. The van der Waals surface area contributed by atoms with Gasteiger partial charge in [-0.3, -0.25) is 10.2 Å². The minimum atomic E-state index is -3.64. The van der Waals surface area contributed by atoms with E-state index in [1.807, 2.05) is 0 Å². The van der Waals surface area contributed by atoms with Crippen molar-refractivity contribution >= 4 is 66.5 Å². The predicted octanol–water partition coefficient (Wildman–Crippen LogP) is 3.17. The van der Waals surface area contributed by atoms with Gasteiger partial charge in [0, 0.05) is 0 Å². The van der Waals surface area contributed by atoms with Crippen molar-refractivity contribution in [2.75, 3.05) is 12.9 Å². The molecule has 2 aromatic rings. The number of halogens is 1. The molecule has 176 valence electrons. The Morgan fingerprint density at radius 1 is 1.38 bits per heavy atom. The second kappa shape index (κ2) is 9.08. The van der Waals surface area contributed by atoms with Gasteiger partial charge < -0.3 is 13.9 Å². The number of rotatable bonds is 5. The highest BCUT2D eigenvalue weighted by atomic mass is 35.5. The van der Waals surface area contributed by atoms with Gasteiger partial charge in [0.1, 0.15) is 0 Å². The standard InChI is InChI=1S/C20H15ClN4O7S2/c1-3-34(28,29)20-24-25-16(22)11(17(26)23-19(25)33-20)7-10-8-12(21)15(14(9-10)30-2)32-18(27)13-5-4-6-31-13/h4-9,22H,3H2,1-2H3/b11-7+,22-16?.